The summed E-state index contributed by atoms with van der Waals surface area (Å²) in [6.45, 7) is 0.829. The van der Waals surface area contributed by atoms with Crippen LogP contribution in [0.15, 0.2) is 24.3 Å². The third-order valence-corrected chi connectivity index (χ3v) is 5.81. The van der Waals surface area contributed by atoms with Crippen LogP contribution in [0, 0.1) is 5.92 Å². The molecule has 1 aliphatic carbocycles. The number of nitrogens with one attached hydrogen (secondary N) is 1. The maximum atomic E-state index is 12.9. The molecule has 0 radical (unpaired) electrons. The minimum absolute atomic E-state index is 0.115. The third-order valence-electron chi connectivity index (χ3n) is 5.57. The van der Waals surface area contributed by atoms with E-state index in [-0.39, 0.29) is 12.1 Å². The van der Waals surface area contributed by atoms with Crippen molar-refractivity contribution >= 4 is 23.5 Å². The SMILES string of the molecule is NC(=O)c1c(-c2cccc(Cl)c2)nn2c1CN(C(=O)N[C@@H]1CC[C@@H]1C(F)F)CC2. The molecule has 2 heterocycles. The summed E-state index contributed by atoms with van der Waals surface area (Å²) in [5.74, 6) is -1.45. The molecule has 2 atom stereocenters. The zero-order valence-corrected chi connectivity index (χ0v) is 16.2. The highest BCUT2D eigenvalue weighted by molar-refractivity contribution is 6.30. The minimum Gasteiger partial charge on any atom is -0.365 e. The van der Waals surface area contributed by atoms with E-state index in [1.807, 2.05) is 0 Å². The molecule has 7 nitrogen and oxygen atoms in total. The van der Waals surface area contributed by atoms with Crippen molar-refractivity contribution in [2.45, 2.75) is 38.4 Å². The van der Waals surface area contributed by atoms with E-state index in [2.05, 4.69) is 10.4 Å². The van der Waals surface area contributed by atoms with Gasteiger partial charge in [0.05, 0.1) is 24.3 Å². The van der Waals surface area contributed by atoms with Gasteiger partial charge in [0.25, 0.3) is 5.91 Å². The van der Waals surface area contributed by atoms with Gasteiger partial charge in [-0.25, -0.2) is 13.6 Å². The predicted molar refractivity (Wildman–Crippen MR) is 103 cm³/mol. The molecule has 0 spiro atoms. The van der Waals surface area contributed by atoms with Gasteiger partial charge >= 0.3 is 6.03 Å². The topological polar surface area (TPSA) is 93.2 Å². The molecule has 29 heavy (non-hydrogen) atoms. The highest BCUT2D eigenvalue weighted by atomic mass is 35.5. The number of carbonyl (C=O) groups is 2. The number of alkyl halides is 2. The number of benzene rings is 1. The van der Waals surface area contributed by atoms with E-state index in [0.717, 1.165) is 0 Å². The van der Waals surface area contributed by atoms with Crippen molar-refractivity contribution in [1.82, 2.24) is 20.0 Å². The predicted octanol–water partition coefficient (Wildman–Crippen LogP) is 2.87. The van der Waals surface area contributed by atoms with E-state index < -0.39 is 30.3 Å². The number of urea groups is 1. The molecule has 2 aliphatic rings. The van der Waals surface area contributed by atoms with Crippen LogP contribution in [0.25, 0.3) is 11.3 Å². The van der Waals surface area contributed by atoms with Crippen LogP contribution in [0.2, 0.25) is 5.02 Å². The van der Waals surface area contributed by atoms with Gasteiger partial charge in [0.1, 0.15) is 5.69 Å². The van der Waals surface area contributed by atoms with Crippen molar-refractivity contribution in [1.29, 1.82) is 0 Å². The standard InChI is InChI=1S/C19H20ClF2N5O2/c20-11-3-1-2-10(8-11)16-15(18(23)28)14-9-26(6-7-27(14)25-16)19(29)24-13-5-4-12(13)17(21)22/h1-3,8,12-13,17H,4-7,9H2,(H2,23,28)(H,24,29)/t12-,13+/m0/s1. The lowest BCUT2D eigenvalue weighted by Crippen LogP contribution is -2.54. The van der Waals surface area contributed by atoms with Crippen LogP contribution in [-0.4, -0.2) is 45.6 Å². The van der Waals surface area contributed by atoms with E-state index in [4.69, 9.17) is 17.3 Å². The fourth-order valence-corrected chi connectivity index (χ4v) is 4.03. The van der Waals surface area contributed by atoms with Crippen LogP contribution in [0.5, 0.6) is 0 Å². The number of halogens is 3. The molecular formula is C19H20ClF2N5O2. The number of nitrogens with zero attached hydrogens (tertiary/aromatic N) is 3. The Bertz CT molecular complexity index is 964. The number of nitrogens with two attached hydrogens (primary N) is 1. The lowest BCUT2D eigenvalue weighted by atomic mass is 9.80. The Morgan fingerprint density at radius 1 is 1.28 bits per heavy atom. The maximum absolute atomic E-state index is 12.9. The monoisotopic (exact) mass is 423 g/mol. The lowest BCUT2D eigenvalue weighted by molar-refractivity contribution is 0.00917. The maximum Gasteiger partial charge on any atom is 0.318 e. The van der Waals surface area contributed by atoms with Crippen LogP contribution in [0.1, 0.15) is 28.9 Å². The van der Waals surface area contributed by atoms with Crippen LogP contribution >= 0.6 is 11.6 Å². The summed E-state index contributed by atoms with van der Waals surface area (Å²) in [6, 6.07) is 5.98. The van der Waals surface area contributed by atoms with E-state index in [1.54, 1.807) is 28.9 Å². The van der Waals surface area contributed by atoms with Crippen LogP contribution in [-0.2, 0) is 13.1 Å². The van der Waals surface area contributed by atoms with Crippen LogP contribution in [0.3, 0.4) is 0 Å². The number of hydrogen-bond acceptors (Lipinski definition) is 3. The summed E-state index contributed by atoms with van der Waals surface area (Å²) in [4.78, 5) is 26.3. The Balaban J connectivity index is 1.57. The average Bonchev–Trinajstić information content (AvgIpc) is 3.03. The van der Waals surface area contributed by atoms with Crippen LogP contribution in [0.4, 0.5) is 13.6 Å². The van der Waals surface area contributed by atoms with Gasteiger partial charge in [0, 0.05) is 29.1 Å². The summed E-state index contributed by atoms with van der Waals surface area (Å²) in [5.41, 5.74) is 7.43. The first kappa shape index (κ1) is 19.6. The van der Waals surface area contributed by atoms with Crippen LogP contribution < -0.4 is 11.1 Å². The zero-order chi connectivity index (χ0) is 20.7. The Kier molecular flexibility index (Phi) is 5.16. The fourth-order valence-electron chi connectivity index (χ4n) is 3.84. The molecule has 1 aromatic heterocycles. The van der Waals surface area contributed by atoms with Gasteiger partial charge in [0.2, 0.25) is 6.43 Å². The van der Waals surface area contributed by atoms with Gasteiger partial charge < -0.3 is 16.0 Å². The molecule has 0 unspecified atom stereocenters. The Morgan fingerprint density at radius 3 is 2.69 bits per heavy atom. The van der Waals surface area contributed by atoms with Crippen molar-refractivity contribution in [3.63, 3.8) is 0 Å². The van der Waals surface area contributed by atoms with Gasteiger partial charge in [-0.2, -0.15) is 5.10 Å². The summed E-state index contributed by atoms with van der Waals surface area (Å²) in [7, 11) is 0. The lowest BCUT2D eigenvalue weighted by Gasteiger charge is -2.38. The smallest absolute Gasteiger partial charge is 0.318 e. The van der Waals surface area contributed by atoms with Gasteiger partial charge in [-0.15, -0.1) is 0 Å². The average molecular weight is 424 g/mol. The van der Waals surface area contributed by atoms with Crippen molar-refractivity contribution in [2.75, 3.05) is 6.54 Å². The van der Waals surface area contributed by atoms with Gasteiger partial charge in [-0.1, -0.05) is 23.7 Å². The number of rotatable bonds is 4. The normalized spacial score (nSPS) is 20.9. The third kappa shape index (κ3) is 3.66. The number of primary amides is 1. The largest absolute Gasteiger partial charge is 0.365 e. The molecule has 1 aliphatic heterocycles. The first-order chi connectivity index (χ1) is 13.8. The second kappa shape index (κ2) is 7.62. The zero-order valence-electron chi connectivity index (χ0n) is 15.4. The second-order valence-electron chi connectivity index (χ2n) is 7.32. The van der Waals surface area contributed by atoms with Crippen molar-refractivity contribution < 1.29 is 18.4 Å². The fraction of sp³-hybridized carbons (Fsp3) is 0.421. The van der Waals surface area contributed by atoms with Crippen molar-refractivity contribution in [2.24, 2.45) is 11.7 Å². The Hall–Kier alpha value is -2.68. The van der Waals surface area contributed by atoms with E-state index in [9.17, 15) is 18.4 Å². The van der Waals surface area contributed by atoms with Crippen molar-refractivity contribution in [3.05, 3.63) is 40.5 Å². The van der Waals surface area contributed by atoms with Gasteiger partial charge in [-0.3, -0.25) is 9.48 Å². The molecule has 3 amide bonds. The molecule has 0 bridgehead atoms. The number of fused-ring (bicyclic) bond motifs is 1. The summed E-state index contributed by atoms with van der Waals surface area (Å²) < 4.78 is 27.5. The Morgan fingerprint density at radius 2 is 2.07 bits per heavy atom. The quantitative estimate of drug-likeness (QED) is 0.791. The molecule has 3 N–H and O–H groups in total. The number of amides is 3. The summed E-state index contributed by atoms with van der Waals surface area (Å²) in [5, 5.41) is 7.69. The molecular weight excluding hydrogens is 404 g/mol. The molecule has 0 saturated heterocycles. The van der Waals surface area contributed by atoms with Gasteiger partial charge in [0.15, 0.2) is 0 Å². The van der Waals surface area contributed by atoms with Crippen molar-refractivity contribution in [3.8, 4) is 11.3 Å². The molecule has 154 valence electrons. The van der Waals surface area contributed by atoms with E-state index in [1.165, 1.54) is 4.90 Å². The number of carbonyl (C=O) groups excluding carboxylic acids is 2. The van der Waals surface area contributed by atoms with Gasteiger partial charge in [-0.05, 0) is 25.0 Å². The molecule has 1 fully saturated rings. The molecule has 2 aromatic rings. The number of hydrogen-bond donors (Lipinski definition) is 2. The number of aromatic nitrogens is 2. The highest BCUT2D eigenvalue weighted by Gasteiger charge is 2.39. The summed E-state index contributed by atoms with van der Waals surface area (Å²) >= 11 is 6.05. The Labute approximate surface area is 170 Å². The highest BCUT2D eigenvalue weighted by Crippen LogP contribution is 2.33. The first-order valence-electron chi connectivity index (χ1n) is 9.34. The second-order valence-corrected chi connectivity index (χ2v) is 7.76. The van der Waals surface area contributed by atoms with E-state index >= 15 is 0 Å². The van der Waals surface area contributed by atoms with E-state index in [0.29, 0.717) is 47.9 Å². The molecule has 1 aromatic carbocycles. The molecule has 10 heteroatoms. The first-order valence-corrected chi connectivity index (χ1v) is 9.72. The summed E-state index contributed by atoms with van der Waals surface area (Å²) in [6.07, 6.45) is -1.50. The minimum atomic E-state index is -2.45. The molecule has 4 rings (SSSR count). The molecule has 1 saturated carbocycles.